The topological polar surface area (TPSA) is 23.6 Å². The van der Waals surface area contributed by atoms with Gasteiger partial charge in [0.2, 0.25) is 0 Å². The molecule has 1 fully saturated rings. The van der Waals surface area contributed by atoms with Gasteiger partial charge in [0.25, 0.3) is 5.91 Å². The van der Waals surface area contributed by atoms with E-state index in [1.165, 1.54) is 6.07 Å². The SMILES string of the molecule is CCN(CC)C1CCN(C(=O)c2ccc(C)cc2F)C1. The van der Waals surface area contributed by atoms with E-state index in [1.807, 2.05) is 6.92 Å². The van der Waals surface area contributed by atoms with Crippen molar-refractivity contribution in [1.29, 1.82) is 0 Å². The maximum atomic E-state index is 13.9. The molecule has 3 nitrogen and oxygen atoms in total. The van der Waals surface area contributed by atoms with Crippen molar-refractivity contribution in [2.75, 3.05) is 26.2 Å². The molecule has 0 N–H and O–H groups in total. The molecule has 1 aromatic rings. The van der Waals surface area contributed by atoms with Gasteiger partial charge in [-0.2, -0.15) is 0 Å². The van der Waals surface area contributed by atoms with E-state index in [-0.39, 0.29) is 11.5 Å². The van der Waals surface area contributed by atoms with E-state index in [9.17, 15) is 9.18 Å². The summed E-state index contributed by atoms with van der Waals surface area (Å²) in [5.41, 5.74) is 1.03. The lowest BCUT2D eigenvalue weighted by Crippen LogP contribution is -2.38. The molecular formula is C16H23FN2O. The van der Waals surface area contributed by atoms with E-state index >= 15 is 0 Å². The molecule has 0 spiro atoms. The van der Waals surface area contributed by atoms with Crippen LogP contribution < -0.4 is 0 Å². The predicted octanol–water partition coefficient (Wildman–Crippen LogP) is 2.69. The lowest BCUT2D eigenvalue weighted by Gasteiger charge is -2.26. The van der Waals surface area contributed by atoms with Crippen molar-refractivity contribution in [3.8, 4) is 0 Å². The summed E-state index contributed by atoms with van der Waals surface area (Å²) in [4.78, 5) is 16.5. The Morgan fingerprint density at radius 1 is 1.40 bits per heavy atom. The van der Waals surface area contributed by atoms with Crippen molar-refractivity contribution in [1.82, 2.24) is 9.80 Å². The minimum atomic E-state index is -0.415. The average Bonchev–Trinajstić information content (AvgIpc) is 2.89. The van der Waals surface area contributed by atoms with Gasteiger partial charge in [-0.3, -0.25) is 9.69 Å². The van der Waals surface area contributed by atoms with Crippen molar-refractivity contribution < 1.29 is 9.18 Å². The molecule has 0 aliphatic carbocycles. The fraction of sp³-hybridized carbons (Fsp3) is 0.562. The first-order valence-corrected chi connectivity index (χ1v) is 7.36. The normalized spacial score (nSPS) is 18.9. The highest BCUT2D eigenvalue weighted by Crippen LogP contribution is 2.19. The molecule has 0 bridgehead atoms. The molecule has 1 saturated heterocycles. The van der Waals surface area contributed by atoms with Crippen LogP contribution in [-0.4, -0.2) is 47.9 Å². The van der Waals surface area contributed by atoms with Crippen LogP contribution in [0.4, 0.5) is 4.39 Å². The summed E-state index contributed by atoms with van der Waals surface area (Å²) < 4.78 is 13.9. The molecule has 0 aromatic heterocycles. The summed E-state index contributed by atoms with van der Waals surface area (Å²) >= 11 is 0. The van der Waals surface area contributed by atoms with Crippen molar-refractivity contribution in [3.05, 3.63) is 35.1 Å². The lowest BCUT2D eigenvalue weighted by molar-refractivity contribution is 0.0773. The summed E-state index contributed by atoms with van der Waals surface area (Å²) in [5, 5.41) is 0. The summed E-state index contributed by atoms with van der Waals surface area (Å²) in [6.07, 6.45) is 0.973. The van der Waals surface area contributed by atoms with Gasteiger partial charge < -0.3 is 4.90 Å². The van der Waals surface area contributed by atoms with E-state index in [2.05, 4.69) is 18.7 Å². The van der Waals surface area contributed by atoms with Crippen LogP contribution in [-0.2, 0) is 0 Å². The van der Waals surface area contributed by atoms with E-state index in [0.29, 0.717) is 19.1 Å². The molecule has 2 rings (SSSR count). The quantitative estimate of drug-likeness (QED) is 0.845. The van der Waals surface area contributed by atoms with Crippen molar-refractivity contribution in [3.63, 3.8) is 0 Å². The molecular weight excluding hydrogens is 255 g/mol. The zero-order valence-electron chi connectivity index (χ0n) is 12.5. The molecule has 1 aliphatic rings. The molecule has 1 aliphatic heterocycles. The van der Waals surface area contributed by atoms with Gasteiger partial charge in [-0.25, -0.2) is 4.39 Å². The van der Waals surface area contributed by atoms with Crippen LogP contribution in [0.25, 0.3) is 0 Å². The Balaban J connectivity index is 2.08. The van der Waals surface area contributed by atoms with E-state index in [1.54, 1.807) is 17.0 Å². The van der Waals surface area contributed by atoms with Crippen LogP contribution in [0.15, 0.2) is 18.2 Å². The molecule has 20 heavy (non-hydrogen) atoms. The van der Waals surface area contributed by atoms with E-state index in [4.69, 9.17) is 0 Å². The molecule has 4 heteroatoms. The number of amides is 1. The Kier molecular flexibility index (Phi) is 4.76. The minimum absolute atomic E-state index is 0.183. The smallest absolute Gasteiger partial charge is 0.256 e. The number of likely N-dealkylation sites (N-methyl/N-ethyl adjacent to an activating group) is 1. The fourth-order valence-electron chi connectivity index (χ4n) is 2.93. The van der Waals surface area contributed by atoms with E-state index < -0.39 is 5.82 Å². The third-order valence-corrected chi connectivity index (χ3v) is 4.13. The Hall–Kier alpha value is -1.42. The summed E-state index contributed by atoms with van der Waals surface area (Å²) in [5.74, 6) is -0.599. The Morgan fingerprint density at radius 3 is 2.70 bits per heavy atom. The molecule has 1 heterocycles. The van der Waals surface area contributed by atoms with Crippen molar-refractivity contribution >= 4 is 5.91 Å². The zero-order valence-corrected chi connectivity index (χ0v) is 12.5. The molecule has 1 aromatic carbocycles. The number of carbonyl (C=O) groups excluding carboxylic acids is 1. The maximum absolute atomic E-state index is 13.9. The summed E-state index contributed by atoms with van der Waals surface area (Å²) in [7, 11) is 0. The first kappa shape index (κ1) is 15.0. The van der Waals surface area contributed by atoms with Gasteiger partial charge in [-0.15, -0.1) is 0 Å². The number of likely N-dealkylation sites (tertiary alicyclic amines) is 1. The Morgan fingerprint density at radius 2 is 2.10 bits per heavy atom. The highest BCUT2D eigenvalue weighted by molar-refractivity contribution is 5.94. The average molecular weight is 278 g/mol. The number of carbonyl (C=O) groups is 1. The third-order valence-electron chi connectivity index (χ3n) is 4.13. The van der Waals surface area contributed by atoms with Crippen LogP contribution in [0.3, 0.4) is 0 Å². The number of halogens is 1. The molecule has 1 amide bonds. The molecule has 1 atom stereocenters. The standard InChI is InChI=1S/C16H23FN2O/c1-4-18(5-2)13-8-9-19(11-13)16(20)14-7-6-12(3)10-15(14)17/h6-7,10,13H,4-5,8-9,11H2,1-3H3. The number of hydrogen-bond donors (Lipinski definition) is 0. The van der Waals surface area contributed by atoms with E-state index in [0.717, 1.165) is 25.1 Å². The van der Waals surface area contributed by atoms with Crippen LogP contribution in [0.5, 0.6) is 0 Å². The molecule has 110 valence electrons. The molecule has 0 saturated carbocycles. The number of nitrogens with zero attached hydrogens (tertiary/aromatic N) is 2. The van der Waals surface area contributed by atoms with Crippen LogP contribution in [0.1, 0.15) is 36.2 Å². The lowest BCUT2D eigenvalue weighted by atomic mass is 10.1. The highest BCUT2D eigenvalue weighted by Gasteiger charge is 2.30. The van der Waals surface area contributed by atoms with Gasteiger partial charge in [0, 0.05) is 19.1 Å². The number of benzene rings is 1. The Labute approximate surface area is 120 Å². The highest BCUT2D eigenvalue weighted by atomic mass is 19.1. The molecule has 0 radical (unpaired) electrons. The second-order valence-electron chi connectivity index (χ2n) is 5.40. The van der Waals surface area contributed by atoms with Crippen LogP contribution >= 0.6 is 0 Å². The van der Waals surface area contributed by atoms with Gasteiger partial charge in [-0.05, 0) is 44.1 Å². The molecule has 1 unspecified atom stereocenters. The third kappa shape index (κ3) is 3.01. The second kappa shape index (κ2) is 6.35. The van der Waals surface area contributed by atoms with Crippen molar-refractivity contribution in [2.45, 2.75) is 33.2 Å². The van der Waals surface area contributed by atoms with Crippen molar-refractivity contribution in [2.24, 2.45) is 0 Å². The predicted molar refractivity (Wildman–Crippen MR) is 78.4 cm³/mol. The van der Waals surface area contributed by atoms with Crippen LogP contribution in [0, 0.1) is 12.7 Å². The van der Waals surface area contributed by atoms with Gasteiger partial charge in [0.15, 0.2) is 0 Å². The maximum Gasteiger partial charge on any atom is 0.256 e. The van der Waals surface area contributed by atoms with Gasteiger partial charge in [-0.1, -0.05) is 19.9 Å². The first-order chi connectivity index (χ1) is 9.56. The summed E-state index contributed by atoms with van der Waals surface area (Å²) in [6.45, 7) is 9.48. The van der Waals surface area contributed by atoms with Gasteiger partial charge >= 0.3 is 0 Å². The zero-order chi connectivity index (χ0) is 14.7. The fourth-order valence-corrected chi connectivity index (χ4v) is 2.93. The largest absolute Gasteiger partial charge is 0.337 e. The van der Waals surface area contributed by atoms with Gasteiger partial charge in [0.1, 0.15) is 5.82 Å². The van der Waals surface area contributed by atoms with Gasteiger partial charge in [0.05, 0.1) is 5.56 Å². The monoisotopic (exact) mass is 278 g/mol. The summed E-state index contributed by atoms with van der Waals surface area (Å²) in [6, 6.07) is 5.21. The number of aryl methyl sites for hydroxylation is 1. The minimum Gasteiger partial charge on any atom is -0.337 e. The van der Waals surface area contributed by atoms with Crippen LogP contribution in [0.2, 0.25) is 0 Å². The second-order valence-corrected chi connectivity index (χ2v) is 5.40. The number of rotatable bonds is 4. The first-order valence-electron chi connectivity index (χ1n) is 7.36. The number of hydrogen-bond acceptors (Lipinski definition) is 2. The Bertz CT molecular complexity index is 485.